The zero-order valence-corrected chi connectivity index (χ0v) is 7.88. The molecule has 72 valence electrons. The predicted molar refractivity (Wildman–Crippen MR) is 52.8 cm³/mol. The summed E-state index contributed by atoms with van der Waals surface area (Å²) in [6, 6.07) is 7.22. The zero-order chi connectivity index (χ0) is 9.97. The van der Waals surface area contributed by atoms with Crippen molar-refractivity contribution in [3.8, 4) is 17.3 Å². The minimum Gasteiger partial charge on any atom is -0.493 e. The molecule has 0 aliphatic heterocycles. The Balaban J connectivity index is 2.43. The topological polar surface area (TPSA) is 50.9 Å². The Morgan fingerprint density at radius 1 is 1.36 bits per heavy atom. The third kappa shape index (κ3) is 1.46. The first-order chi connectivity index (χ1) is 6.81. The molecule has 0 aromatic carbocycles. The van der Waals surface area contributed by atoms with Gasteiger partial charge >= 0.3 is 0 Å². The lowest BCUT2D eigenvalue weighted by Crippen LogP contribution is -1.95. The highest BCUT2D eigenvalue weighted by Crippen LogP contribution is 2.19. The van der Waals surface area contributed by atoms with Gasteiger partial charge in [-0.3, -0.25) is 4.98 Å². The van der Waals surface area contributed by atoms with Crippen LogP contribution in [0, 0.1) is 0 Å². The van der Waals surface area contributed by atoms with Crippen LogP contribution in [0.3, 0.4) is 0 Å². The second kappa shape index (κ2) is 3.49. The first kappa shape index (κ1) is 8.74. The summed E-state index contributed by atoms with van der Waals surface area (Å²) in [5.74, 6) is 0.174. The zero-order valence-electron chi connectivity index (χ0n) is 7.88. The molecule has 0 bridgehead atoms. The molecule has 4 heteroatoms. The number of rotatable bonds is 2. The van der Waals surface area contributed by atoms with Crippen LogP contribution in [0.4, 0.5) is 0 Å². The maximum absolute atomic E-state index is 9.47. The molecule has 0 saturated heterocycles. The molecule has 0 radical (unpaired) electrons. The van der Waals surface area contributed by atoms with E-state index >= 15 is 0 Å². The Morgan fingerprint density at radius 2 is 2.21 bits per heavy atom. The molecule has 1 N–H and O–H groups in total. The first-order valence-corrected chi connectivity index (χ1v) is 4.49. The smallest absolute Gasteiger partial charge is 0.209 e. The first-order valence-electron chi connectivity index (χ1n) is 4.49. The van der Waals surface area contributed by atoms with Crippen molar-refractivity contribution in [3.05, 3.63) is 30.5 Å². The lowest BCUT2D eigenvalue weighted by molar-refractivity contribution is 0.405. The Morgan fingerprint density at radius 3 is 2.79 bits per heavy atom. The Hall–Kier alpha value is -1.84. The summed E-state index contributed by atoms with van der Waals surface area (Å²) in [5, 5.41) is 13.7. The third-order valence-corrected chi connectivity index (χ3v) is 1.99. The molecule has 2 aromatic heterocycles. The van der Waals surface area contributed by atoms with E-state index in [0.29, 0.717) is 12.2 Å². The lowest BCUT2D eigenvalue weighted by atomic mass is 10.3. The number of nitrogens with zero attached hydrogens (tertiary/aromatic N) is 3. The molecule has 0 unspecified atom stereocenters. The van der Waals surface area contributed by atoms with Crippen molar-refractivity contribution in [3.63, 3.8) is 0 Å². The van der Waals surface area contributed by atoms with E-state index in [0.717, 1.165) is 5.69 Å². The van der Waals surface area contributed by atoms with Crippen molar-refractivity contribution in [2.75, 3.05) is 0 Å². The third-order valence-electron chi connectivity index (χ3n) is 1.99. The lowest BCUT2D eigenvalue weighted by Gasteiger charge is -1.95. The molecule has 2 rings (SSSR count). The van der Waals surface area contributed by atoms with E-state index in [2.05, 4.69) is 10.1 Å². The number of hydrogen-bond acceptors (Lipinski definition) is 3. The minimum atomic E-state index is 0.174. The van der Waals surface area contributed by atoms with Crippen molar-refractivity contribution >= 4 is 0 Å². The van der Waals surface area contributed by atoms with Gasteiger partial charge in [0.25, 0.3) is 0 Å². The van der Waals surface area contributed by atoms with Gasteiger partial charge in [0.1, 0.15) is 5.69 Å². The van der Waals surface area contributed by atoms with Gasteiger partial charge in [0.2, 0.25) is 5.88 Å². The number of pyridine rings is 1. The molecule has 0 aliphatic rings. The second-order valence-electron chi connectivity index (χ2n) is 2.92. The number of aromatic nitrogens is 3. The predicted octanol–water partition coefficient (Wildman–Crippen LogP) is 1.67. The summed E-state index contributed by atoms with van der Waals surface area (Å²) in [4.78, 5) is 4.15. The van der Waals surface area contributed by atoms with E-state index in [1.165, 1.54) is 4.68 Å². The summed E-state index contributed by atoms with van der Waals surface area (Å²) in [5.41, 5.74) is 1.47. The Bertz CT molecular complexity index is 422. The minimum absolute atomic E-state index is 0.174. The van der Waals surface area contributed by atoms with E-state index in [-0.39, 0.29) is 5.88 Å². The monoisotopic (exact) mass is 189 g/mol. The average Bonchev–Trinajstić information content (AvgIpc) is 2.61. The van der Waals surface area contributed by atoms with Gasteiger partial charge in [-0.1, -0.05) is 6.07 Å². The van der Waals surface area contributed by atoms with Crippen molar-refractivity contribution in [1.29, 1.82) is 0 Å². The average molecular weight is 189 g/mol. The molecule has 0 atom stereocenters. The van der Waals surface area contributed by atoms with Gasteiger partial charge in [-0.25, -0.2) is 4.68 Å². The van der Waals surface area contributed by atoms with Gasteiger partial charge in [0, 0.05) is 18.8 Å². The molecule has 0 spiro atoms. The van der Waals surface area contributed by atoms with Crippen LogP contribution in [0.15, 0.2) is 30.5 Å². The van der Waals surface area contributed by atoms with Crippen LogP contribution < -0.4 is 0 Å². The second-order valence-corrected chi connectivity index (χ2v) is 2.92. The SMILES string of the molecule is CCn1nc(-c2ccccn2)cc1O. The Labute approximate surface area is 81.8 Å². The fourth-order valence-corrected chi connectivity index (χ4v) is 1.28. The van der Waals surface area contributed by atoms with Gasteiger partial charge < -0.3 is 5.11 Å². The number of aromatic hydroxyl groups is 1. The molecule has 0 fully saturated rings. The highest BCUT2D eigenvalue weighted by atomic mass is 16.3. The fourth-order valence-electron chi connectivity index (χ4n) is 1.28. The molecular formula is C10H11N3O. The summed E-state index contributed by atoms with van der Waals surface area (Å²) in [7, 11) is 0. The van der Waals surface area contributed by atoms with Crippen LogP contribution in [0.2, 0.25) is 0 Å². The van der Waals surface area contributed by atoms with Crippen LogP contribution in [-0.4, -0.2) is 19.9 Å². The van der Waals surface area contributed by atoms with Gasteiger partial charge in [-0.2, -0.15) is 5.10 Å². The normalized spacial score (nSPS) is 10.4. The van der Waals surface area contributed by atoms with Crippen molar-refractivity contribution in [1.82, 2.24) is 14.8 Å². The van der Waals surface area contributed by atoms with Gasteiger partial charge in [-0.05, 0) is 19.1 Å². The molecule has 14 heavy (non-hydrogen) atoms. The fraction of sp³-hybridized carbons (Fsp3) is 0.200. The Kier molecular flexibility index (Phi) is 2.18. The van der Waals surface area contributed by atoms with Crippen molar-refractivity contribution in [2.24, 2.45) is 0 Å². The quantitative estimate of drug-likeness (QED) is 0.781. The van der Waals surface area contributed by atoms with Gasteiger partial charge in [-0.15, -0.1) is 0 Å². The van der Waals surface area contributed by atoms with E-state index in [1.807, 2.05) is 25.1 Å². The van der Waals surface area contributed by atoms with Crippen LogP contribution >= 0.6 is 0 Å². The van der Waals surface area contributed by atoms with E-state index < -0.39 is 0 Å². The summed E-state index contributed by atoms with van der Waals surface area (Å²) >= 11 is 0. The number of hydrogen-bond donors (Lipinski definition) is 1. The van der Waals surface area contributed by atoms with Crippen LogP contribution in [-0.2, 0) is 6.54 Å². The largest absolute Gasteiger partial charge is 0.493 e. The standard InChI is InChI=1S/C10H11N3O/c1-2-13-10(14)7-9(12-13)8-5-3-4-6-11-8/h3-7,14H,2H2,1H3. The molecule has 0 amide bonds. The van der Waals surface area contributed by atoms with Crippen LogP contribution in [0.1, 0.15) is 6.92 Å². The summed E-state index contributed by atoms with van der Waals surface area (Å²) < 4.78 is 1.53. The van der Waals surface area contributed by atoms with Crippen molar-refractivity contribution in [2.45, 2.75) is 13.5 Å². The van der Waals surface area contributed by atoms with E-state index in [9.17, 15) is 5.11 Å². The van der Waals surface area contributed by atoms with Gasteiger partial charge in [0.05, 0.1) is 5.69 Å². The molecule has 2 aromatic rings. The van der Waals surface area contributed by atoms with Gasteiger partial charge in [0.15, 0.2) is 0 Å². The maximum atomic E-state index is 9.47. The summed E-state index contributed by atoms with van der Waals surface area (Å²) in [6.45, 7) is 2.58. The molecule has 4 nitrogen and oxygen atoms in total. The summed E-state index contributed by atoms with van der Waals surface area (Å²) in [6.07, 6.45) is 1.71. The van der Waals surface area contributed by atoms with Crippen LogP contribution in [0.25, 0.3) is 11.4 Å². The van der Waals surface area contributed by atoms with Crippen molar-refractivity contribution < 1.29 is 5.11 Å². The highest BCUT2D eigenvalue weighted by molar-refractivity contribution is 5.54. The van der Waals surface area contributed by atoms with E-state index in [4.69, 9.17) is 0 Å². The molecule has 0 saturated carbocycles. The maximum Gasteiger partial charge on any atom is 0.209 e. The molecule has 0 aliphatic carbocycles. The van der Waals surface area contributed by atoms with Crippen LogP contribution in [0.5, 0.6) is 5.88 Å². The molecule has 2 heterocycles. The number of aryl methyl sites for hydroxylation is 1. The highest BCUT2D eigenvalue weighted by Gasteiger charge is 2.07. The molecular weight excluding hydrogens is 178 g/mol. The van der Waals surface area contributed by atoms with E-state index in [1.54, 1.807) is 12.3 Å².